The molecular weight excluding hydrogens is 244 g/mol. The molecular formula is C13H20N4O2. The quantitative estimate of drug-likeness (QED) is 0.761. The molecule has 1 fully saturated rings. The zero-order chi connectivity index (χ0) is 14.0. The predicted octanol–water partition coefficient (Wildman–Crippen LogP) is 1.26. The third-order valence-electron chi connectivity index (χ3n) is 3.69. The van der Waals surface area contributed by atoms with Gasteiger partial charge in [-0.25, -0.2) is 9.78 Å². The van der Waals surface area contributed by atoms with E-state index < -0.39 is 5.97 Å². The van der Waals surface area contributed by atoms with E-state index in [1.54, 1.807) is 0 Å². The lowest BCUT2D eigenvalue weighted by Crippen LogP contribution is -2.42. The molecule has 6 heteroatoms. The maximum absolute atomic E-state index is 11.2. The van der Waals surface area contributed by atoms with Crippen molar-refractivity contribution in [2.45, 2.75) is 31.8 Å². The Morgan fingerprint density at radius 3 is 3.00 bits per heavy atom. The summed E-state index contributed by atoms with van der Waals surface area (Å²) in [5, 5.41) is 12.4. The number of nitrogens with two attached hydrogens (primary N) is 1. The standard InChI is InChI=1S/C13H20N4O2/c1-8-5-10(3-4-17(8)2)16-12-11(13(18)19)6-9(14)7-15-12/h6-8,10H,3-5,14H2,1-2H3,(H,15,16)(H,18,19). The van der Waals surface area contributed by atoms with Crippen LogP contribution in [0.2, 0.25) is 0 Å². The first-order valence-corrected chi connectivity index (χ1v) is 6.43. The molecule has 6 nitrogen and oxygen atoms in total. The number of likely N-dealkylation sites (tertiary alicyclic amines) is 1. The molecule has 0 saturated carbocycles. The van der Waals surface area contributed by atoms with Crippen molar-refractivity contribution in [3.8, 4) is 0 Å². The summed E-state index contributed by atoms with van der Waals surface area (Å²) in [4.78, 5) is 17.6. The normalized spacial score (nSPS) is 24.1. The number of pyridine rings is 1. The van der Waals surface area contributed by atoms with Gasteiger partial charge in [0.1, 0.15) is 11.4 Å². The minimum absolute atomic E-state index is 0.131. The average Bonchev–Trinajstić information content (AvgIpc) is 2.36. The van der Waals surface area contributed by atoms with Crippen molar-refractivity contribution < 1.29 is 9.90 Å². The monoisotopic (exact) mass is 264 g/mol. The Hall–Kier alpha value is -1.82. The Morgan fingerprint density at radius 1 is 1.63 bits per heavy atom. The highest BCUT2D eigenvalue weighted by Gasteiger charge is 2.24. The van der Waals surface area contributed by atoms with E-state index in [2.05, 4.69) is 29.2 Å². The van der Waals surface area contributed by atoms with E-state index in [1.165, 1.54) is 12.3 Å². The highest BCUT2D eigenvalue weighted by atomic mass is 16.4. The molecule has 0 aliphatic carbocycles. The van der Waals surface area contributed by atoms with E-state index >= 15 is 0 Å². The van der Waals surface area contributed by atoms with Gasteiger partial charge < -0.3 is 21.1 Å². The number of anilines is 2. The third kappa shape index (κ3) is 3.14. The number of aromatic carboxylic acids is 1. The van der Waals surface area contributed by atoms with Gasteiger partial charge in [0.05, 0.1) is 11.9 Å². The lowest BCUT2D eigenvalue weighted by molar-refractivity contribution is 0.0697. The van der Waals surface area contributed by atoms with Gasteiger partial charge in [-0.3, -0.25) is 0 Å². The molecule has 0 aromatic carbocycles. The number of hydrogen-bond acceptors (Lipinski definition) is 5. The molecule has 0 bridgehead atoms. The molecule has 1 aromatic rings. The van der Waals surface area contributed by atoms with Crippen molar-refractivity contribution in [3.63, 3.8) is 0 Å². The van der Waals surface area contributed by atoms with Gasteiger partial charge in [0, 0.05) is 18.6 Å². The zero-order valence-electron chi connectivity index (χ0n) is 11.3. The zero-order valence-corrected chi connectivity index (χ0v) is 11.3. The third-order valence-corrected chi connectivity index (χ3v) is 3.69. The number of carboxylic acids is 1. The molecule has 1 aliphatic rings. The molecule has 2 unspecified atom stereocenters. The number of carboxylic acid groups (broad SMARTS) is 1. The fraction of sp³-hybridized carbons (Fsp3) is 0.538. The van der Waals surface area contributed by atoms with E-state index in [0.29, 0.717) is 17.5 Å². The Balaban J connectivity index is 2.13. The second kappa shape index (κ2) is 5.44. The van der Waals surface area contributed by atoms with Crippen LogP contribution in [0.4, 0.5) is 11.5 Å². The van der Waals surface area contributed by atoms with Crippen molar-refractivity contribution in [3.05, 3.63) is 17.8 Å². The number of aromatic nitrogens is 1. The van der Waals surface area contributed by atoms with Gasteiger partial charge in [0.15, 0.2) is 0 Å². The van der Waals surface area contributed by atoms with Gasteiger partial charge in [-0.05, 0) is 32.9 Å². The Bertz CT molecular complexity index is 478. The van der Waals surface area contributed by atoms with Crippen molar-refractivity contribution in [2.24, 2.45) is 0 Å². The smallest absolute Gasteiger partial charge is 0.339 e. The average molecular weight is 264 g/mol. The van der Waals surface area contributed by atoms with Gasteiger partial charge in [-0.15, -0.1) is 0 Å². The van der Waals surface area contributed by atoms with Crippen molar-refractivity contribution in [1.82, 2.24) is 9.88 Å². The Kier molecular flexibility index (Phi) is 3.90. The molecule has 0 amide bonds. The van der Waals surface area contributed by atoms with E-state index in [4.69, 9.17) is 10.8 Å². The summed E-state index contributed by atoms with van der Waals surface area (Å²) in [5.74, 6) is -0.605. The molecule has 2 rings (SSSR count). The van der Waals surface area contributed by atoms with Crippen LogP contribution in [0.3, 0.4) is 0 Å². The number of nitrogens with zero attached hydrogens (tertiary/aromatic N) is 2. The molecule has 1 saturated heterocycles. The predicted molar refractivity (Wildman–Crippen MR) is 74.3 cm³/mol. The molecule has 1 aromatic heterocycles. The molecule has 19 heavy (non-hydrogen) atoms. The Labute approximate surface area is 112 Å². The van der Waals surface area contributed by atoms with Crippen LogP contribution < -0.4 is 11.1 Å². The summed E-state index contributed by atoms with van der Waals surface area (Å²) < 4.78 is 0. The van der Waals surface area contributed by atoms with Crippen molar-refractivity contribution >= 4 is 17.5 Å². The molecule has 2 atom stereocenters. The lowest BCUT2D eigenvalue weighted by atomic mass is 9.99. The van der Waals surface area contributed by atoms with Crippen LogP contribution in [0.1, 0.15) is 30.1 Å². The number of carbonyl (C=O) groups is 1. The highest BCUT2D eigenvalue weighted by Crippen LogP contribution is 2.22. The summed E-state index contributed by atoms with van der Waals surface area (Å²) in [6, 6.07) is 2.17. The van der Waals surface area contributed by atoms with Gasteiger partial charge in [0.25, 0.3) is 0 Å². The van der Waals surface area contributed by atoms with Crippen LogP contribution in [-0.4, -0.2) is 46.6 Å². The number of nitrogens with one attached hydrogen (secondary N) is 1. The second-order valence-corrected chi connectivity index (χ2v) is 5.17. The minimum atomic E-state index is -1.01. The summed E-state index contributed by atoms with van der Waals surface area (Å²) in [6.07, 6.45) is 3.43. The molecule has 4 N–H and O–H groups in total. The van der Waals surface area contributed by atoms with Crippen LogP contribution in [0.25, 0.3) is 0 Å². The topological polar surface area (TPSA) is 91.5 Å². The number of nitrogen functional groups attached to an aromatic ring is 1. The first-order chi connectivity index (χ1) is 8.97. The van der Waals surface area contributed by atoms with Crippen molar-refractivity contribution in [1.29, 1.82) is 0 Å². The molecule has 2 heterocycles. The van der Waals surface area contributed by atoms with Crippen molar-refractivity contribution in [2.75, 3.05) is 24.6 Å². The summed E-state index contributed by atoms with van der Waals surface area (Å²) in [5.41, 5.74) is 6.07. The second-order valence-electron chi connectivity index (χ2n) is 5.17. The number of hydrogen-bond donors (Lipinski definition) is 3. The van der Waals surface area contributed by atoms with Crippen LogP contribution in [-0.2, 0) is 0 Å². The van der Waals surface area contributed by atoms with Gasteiger partial charge in [0.2, 0.25) is 0 Å². The Morgan fingerprint density at radius 2 is 2.37 bits per heavy atom. The maximum atomic E-state index is 11.2. The SMILES string of the molecule is CC1CC(Nc2ncc(N)cc2C(=O)O)CCN1C. The summed E-state index contributed by atoms with van der Waals surface area (Å²) in [6.45, 7) is 3.17. The van der Waals surface area contributed by atoms with Crippen LogP contribution in [0.15, 0.2) is 12.3 Å². The van der Waals surface area contributed by atoms with Crippen LogP contribution in [0.5, 0.6) is 0 Å². The van der Waals surface area contributed by atoms with E-state index in [0.717, 1.165) is 19.4 Å². The van der Waals surface area contributed by atoms with E-state index in [9.17, 15) is 4.79 Å². The maximum Gasteiger partial charge on any atom is 0.339 e. The molecule has 0 radical (unpaired) electrons. The fourth-order valence-corrected chi connectivity index (χ4v) is 2.37. The summed E-state index contributed by atoms with van der Waals surface area (Å²) >= 11 is 0. The number of piperidine rings is 1. The highest BCUT2D eigenvalue weighted by molar-refractivity contribution is 5.94. The summed E-state index contributed by atoms with van der Waals surface area (Å²) in [7, 11) is 2.10. The minimum Gasteiger partial charge on any atom is -0.478 e. The first-order valence-electron chi connectivity index (χ1n) is 6.43. The lowest BCUT2D eigenvalue weighted by Gasteiger charge is -2.35. The molecule has 1 aliphatic heterocycles. The van der Waals surface area contributed by atoms with E-state index in [1.807, 2.05) is 0 Å². The number of rotatable bonds is 3. The van der Waals surface area contributed by atoms with Gasteiger partial charge in [-0.2, -0.15) is 0 Å². The first kappa shape index (κ1) is 13.6. The fourth-order valence-electron chi connectivity index (χ4n) is 2.37. The molecule has 104 valence electrons. The van der Waals surface area contributed by atoms with Crippen LogP contribution in [0, 0.1) is 0 Å². The van der Waals surface area contributed by atoms with E-state index in [-0.39, 0.29) is 11.6 Å². The van der Waals surface area contributed by atoms with Crippen LogP contribution >= 0.6 is 0 Å². The van der Waals surface area contributed by atoms with Gasteiger partial charge in [-0.1, -0.05) is 0 Å². The van der Waals surface area contributed by atoms with Gasteiger partial charge >= 0.3 is 5.97 Å². The molecule has 0 spiro atoms. The largest absolute Gasteiger partial charge is 0.478 e.